The second-order valence-corrected chi connectivity index (χ2v) is 6.70. The van der Waals surface area contributed by atoms with Crippen molar-refractivity contribution < 1.29 is 4.79 Å². The van der Waals surface area contributed by atoms with Crippen molar-refractivity contribution in [2.24, 2.45) is 5.92 Å². The Labute approximate surface area is 106 Å². The van der Waals surface area contributed by atoms with Gasteiger partial charge < -0.3 is 0 Å². The molecule has 1 aromatic rings. The zero-order valence-electron chi connectivity index (χ0n) is 9.84. The second kappa shape index (κ2) is 4.81. The number of ketones is 1. The van der Waals surface area contributed by atoms with Gasteiger partial charge in [-0.15, -0.1) is 0 Å². The van der Waals surface area contributed by atoms with Gasteiger partial charge in [0, 0.05) is 34.7 Å². The molecule has 3 heterocycles. The smallest absolute Gasteiger partial charge is 0.141 e. The summed E-state index contributed by atoms with van der Waals surface area (Å²) in [6.07, 6.45) is 7.14. The maximum atomic E-state index is 12.2. The van der Waals surface area contributed by atoms with Crippen LogP contribution in [0.25, 0.3) is 0 Å². The fourth-order valence-electron chi connectivity index (χ4n) is 2.95. The van der Waals surface area contributed by atoms with Gasteiger partial charge in [0.2, 0.25) is 0 Å². The summed E-state index contributed by atoms with van der Waals surface area (Å²) < 4.78 is 0. The minimum atomic E-state index is 0.302. The number of nitrogens with zero attached hydrogens (tertiary/aromatic N) is 1. The fraction of sp³-hybridized carbons (Fsp3) is 0.571. The first-order valence-corrected chi connectivity index (χ1v) is 7.33. The van der Waals surface area contributed by atoms with Gasteiger partial charge in [-0.25, -0.2) is 0 Å². The molecule has 2 atom stereocenters. The van der Waals surface area contributed by atoms with Gasteiger partial charge in [-0.3, -0.25) is 9.78 Å². The van der Waals surface area contributed by atoms with Crippen LogP contribution in [0.1, 0.15) is 31.4 Å². The van der Waals surface area contributed by atoms with E-state index < -0.39 is 0 Å². The topological polar surface area (TPSA) is 30.0 Å². The van der Waals surface area contributed by atoms with Crippen LogP contribution in [0.2, 0.25) is 0 Å². The highest BCUT2D eigenvalue weighted by Crippen LogP contribution is 2.46. The van der Waals surface area contributed by atoms with Crippen LogP contribution in [0.4, 0.5) is 0 Å². The van der Waals surface area contributed by atoms with E-state index in [0.29, 0.717) is 18.1 Å². The monoisotopic (exact) mass is 247 g/mol. The number of carbonyl (C=O) groups is 1. The molecule has 2 bridgehead atoms. The predicted octanol–water partition coefficient (Wildman–Crippen LogP) is 2.87. The van der Waals surface area contributed by atoms with Gasteiger partial charge in [0.1, 0.15) is 5.78 Å². The van der Waals surface area contributed by atoms with Gasteiger partial charge in [-0.1, -0.05) is 6.07 Å². The Morgan fingerprint density at radius 1 is 1.29 bits per heavy atom. The van der Waals surface area contributed by atoms with Crippen molar-refractivity contribution >= 4 is 17.5 Å². The molecule has 0 spiro atoms. The number of carbonyl (C=O) groups excluding carboxylic acids is 1. The summed E-state index contributed by atoms with van der Waals surface area (Å²) >= 11 is 2.11. The maximum absolute atomic E-state index is 12.2. The summed E-state index contributed by atoms with van der Waals surface area (Å²) in [5.74, 6) is 0.705. The quantitative estimate of drug-likeness (QED) is 0.822. The highest BCUT2D eigenvalue weighted by molar-refractivity contribution is 8.00. The summed E-state index contributed by atoms with van der Waals surface area (Å²) in [4.78, 5) is 16.5. The van der Waals surface area contributed by atoms with Crippen molar-refractivity contribution in [2.45, 2.75) is 42.6 Å². The van der Waals surface area contributed by atoms with Gasteiger partial charge in [-0.2, -0.15) is 11.8 Å². The van der Waals surface area contributed by atoms with Gasteiger partial charge >= 0.3 is 0 Å². The third-order valence-electron chi connectivity index (χ3n) is 3.83. The number of pyridine rings is 1. The summed E-state index contributed by atoms with van der Waals surface area (Å²) in [5, 5.41) is 1.51. The Kier molecular flexibility index (Phi) is 3.19. The van der Waals surface area contributed by atoms with E-state index in [0.717, 1.165) is 29.0 Å². The van der Waals surface area contributed by atoms with E-state index in [-0.39, 0.29) is 0 Å². The van der Waals surface area contributed by atoms with Crippen LogP contribution in [-0.4, -0.2) is 21.3 Å². The van der Waals surface area contributed by atoms with E-state index in [1.165, 1.54) is 12.8 Å². The molecule has 0 radical (unpaired) electrons. The molecule has 2 saturated heterocycles. The van der Waals surface area contributed by atoms with Gasteiger partial charge in [0.25, 0.3) is 0 Å². The van der Waals surface area contributed by atoms with E-state index in [1.54, 1.807) is 6.20 Å². The van der Waals surface area contributed by atoms with Crippen LogP contribution in [0.5, 0.6) is 0 Å². The zero-order valence-corrected chi connectivity index (χ0v) is 10.7. The van der Waals surface area contributed by atoms with Crippen molar-refractivity contribution in [3.05, 3.63) is 30.1 Å². The number of hydrogen-bond acceptors (Lipinski definition) is 3. The van der Waals surface area contributed by atoms with E-state index in [4.69, 9.17) is 0 Å². The molecular weight excluding hydrogens is 230 g/mol. The molecular formula is C14H17NOS. The van der Waals surface area contributed by atoms with Crippen LogP contribution >= 0.6 is 11.8 Å². The van der Waals surface area contributed by atoms with E-state index in [9.17, 15) is 4.79 Å². The molecule has 90 valence electrons. The van der Waals surface area contributed by atoms with Crippen LogP contribution < -0.4 is 0 Å². The lowest BCUT2D eigenvalue weighted by Gasteiger charge is -2.26. The third-order valence-corrected chi connectivity index (χ3v) is 5.45. The van der Waals surface area contributed by atoms with Crippen molar-refractivity contribution in [1.29, 1.82) is 0 Å². The highest BCUT2D eigenvalue weighted by atomic mass is 32.2. The van der Waals surface area contributed by atoms with Crippen molar-refractivity contribution in [3.8, 4) is 0 Å². The molecule has 2 nitrogen and oxygen atoms in total. The summed E-state index contributed by atoms with van der Waals surface area (Å²) in [5.41, 5.74) is 0.920. The first-order chi connectivity index (χ1) is 8.31. The zero-order chi connectivity index (χ0) is 11.7. The highest BCUT2D eigenvalue weighted by Gasteiger charge is 2.37. The summed E-state index contributed by atoms with van der Waals surface area (Å²) in [7, 11) is 0. The molecule has 0 N–H and O–H groups in total. The Hall–Kier alpha value is -0.830. The largest absolute Gasteiger partial charge is 0.299 e. The van der Waals surface area contributed by atoms with Gasteiger partial charge in [0.15, 0.2) is 0 Å². The molecule has 2 aliphatic heterocycles. The molecule has 3 rings (SSSR count). The summed E-state index contributed by atoms with van der Waals surface area (Å²) in [6.45, 7) is 0. The first kappa shape index (κ1) is 11.3. The molecule has 2 unspecified atom stereocenters. The van der Waals surface area contributed by atoms with Crippen molar-refractivity contribution in [3.63, 3.8) is 0 Å². The number of Topliss-reactive ketones (excluding diaryl/α,β-unsaturated/α-hetero) is 1. The number of aromatic nitrogens is 1. The van der Waals surface area contributed by atoms with E-state index in [2.05, 4.69) is 16.7 Å². The molecule has 0 aliphatic carbocycles. The molecule has 1 aromatic heterocycles. The fourth-order valence-corrected chi connectivity index (χ4v) is 4.72. The predicted molar refractivity (Wildman–Crippen MR) is 70.1 cm³/mol. The Bertz CT molecular complexity index is 394. The van der Waals surface area contributed by atoms with Gasteiger partial charge in [0.05, 0.1) is 0 Å². The summed E-state index contributed by atoms with van der Waals surface area (Å²) in [6, 6.07) is 5.80. The van der Waals surface area contributed by atoms with Crippen LogP contribution in [0.15, 0.2) is 24.4 Å². The third kappa shape index (κ3) is 2.54. The molecule has 17 heavy (non-hydrogen) atoms. The van der Waals surface area contributed by atoms with Crippen molar-refractivity contribution in [1.82, 2.24) is 4.98 Å². The van der Waals surface area contributed by atoms with Crippen LogP contribution in [0.3, 0.4) is 0 Å². The minimum Gasteiger partial charge on any atom is -0.299 e. The molecule has 3 heteroatoms. The average molecular weight is 247 g/mol. The number of thioether (sulfide) groups is 1. The lowest BCUT2D eigenvalue weighted by atomic mass is 9.92. The molecule has 0 aromatic carbocycles. The maximum Gasteiger partial charge on any atom is 0.141 e. The molecule has 2 aliphatic rings. The lowest BCUT2D eigenvalue weighted by Crippen LogP contribution is -2.26. The Morgan fingerprint density at radius 2 is 2.06 bits per heavy atom. The number of fused-ring (bicyclic) bond motifs is 2. The minimum absolute atomic E-state index is 0.302. The molecule has 0 saturated carbocycles. The van der Waals surface area contributed by atoms with Crippen LogP contribution in [-0.2, 0) is 11.2 Å². The van der Waals surface area contributed by atoms with Crippen molar-refractivity contribution in [2.75, 3.05) is 0 Å². The molecule has 2 fully saturated rings. The lowest BCUT2D eigenvalue weighted by molar-refractivity contribution is -0.122. The normalized spacial score (nSPS) is 31.4. The standard InChI is InChI=1S/C14H17NOS/c16-14(9-11-3-1-2-6-15-11)10-7-12-4-5-13(8-10)17-12/h1-3,6,10,12-13H,4-5,7-9H2. The number of rotatable bonds is 3. The van der Waals surface area contributed by atoms with E-state index >= 15 is 0 Å². The second-order valence-electron chi connectivity index (χ2n) is 5.09. The molecule has 0 amide bonds. The SMILES string of the molecule is O=C(Cc1ccccn1)C1CC2CCC(C1)S2. The average Bonchev–Trinajstić information content (AvgIpc) is 2.69. The van der Waals surface area contributed by atoms with Gasteiger partial charge in [-0.05, 0) is 37.8 Å². The number of hydrogen-bond donors (Lipinski definition) is 0. The Morgan fingerprint density at radius 3 is 2.71 bits per heavy atom. The van der Waals surface area contributed by atoms with Crippen LogP contribution in [0, 0.1) is 5.92 Å². The Balaban J connectivity index is 1.63. The van der Waals surface area contributed by atoms with E-state index in [1.807, 2.05) is 18.2 Å². The first-order valence-electron chi connectivity index (χ1n) is 6.39.